The summed E-state index contributed by atoms with van der Waals surface area (Å²) in [6.07, 6.45) is -1.65. The van der Waals surface area contributed by atoms with Crippen LogP contribution in [0.4, 0.5) is 0 Å². The molecule has 0 heterocycles. The first-order valence-electron chi connectivity index (χ1n) is 6.27. The number of carbonyl (C=O) groups is 1. The molecular weight excluding hydrogens is 332 g/mol. The van der Waals surface area contributed by atoms with E-state index in [0.717, 1.165) is 0 Å². The van der Waals surface area contributed by atoms with Gasteiger partial charge in [0, 0.05) is 6.54 Å². The van der Waals surface area contributed by atoms with Gasteiger partial charge in [-0.1, -0.05) is 30.3 Å². The van der Waals surface area contributed by atoms with Gasteiger partial charge in [0.25, 0.3) is 0 Å². The SMILES string of the molecule is Cl.NCCC(C[C@](N)(C(=O)O)c1ccccc1)([N+](=O)[O-])[N+](=O)[O-]. The summed E-state index contributed by atoms with van der Waals surface area (Å²) in [6.45, 7) is -0.355. The highest BCUT2D eigenvalue weighted by Crippen LogP contribution is 2.33. The monoisotopic (exact) mass is 348 g/mol. The van der Waals surface area contributed by atoms with Gasteiger partial charge < -0.3 is 16.6 Å². The molecule has 23 heavy (non-hydrogen) atoms. The van der Waals surface area contributed by atoms with Crippen molar-refractivity contribution in [3.63, 3.8) is 0 Å². The summed E-state index contributed by atoms with van der Waals surface area (Å²) in [7, 11) is 0. The van der Waals surface area contributed by atoms with Crippen LogP contribution in [0.25, 0.3) is 0 Å². The summed E-state index contributed by atoms with van der Waals surface area (Å²) in [5.41, 5.74) is 6.02. The number of nitrogens with zero attached hydrogens (tertiary/aromatic N) is 2. The Balaban J connectivity index is 0.00000484. The second-order valence-electron chi connectivity index (χ2n) is 4.85. The summed E-state index contributed by atoms with van der Waals surface area (Å²) in [5, 5.41) is 31.9. The lowest BCUT2D eigenvalue weighted by Crippen LogP contribution is -2.58. The Morgan fingerprint density at radius 3 is 2.00 bits per heavy atom. The van der Waals surface area contributed by atoms with Gasteiger partial charge in [0.15, 0.2) is 5.54 Å². The van der Waals surface area contributed by atoms with Crippen LogP contribution in [-0.2, 0) is 10.3 Å². The van der Waals surface area contributed by atoms with Gasteiger partial charge in [-0.25, -0.2) is 4.79 Å². The summed E-state index contributed by atoms with van der Waals surface area (Å²) >= 11 is 0. The minimum Gasteiger partial charge on any atom is -0.480 e. The van der Waals surface area contributed by atoms with Gasteiger partial charge in [-0.05, 0) is 5.56 Å². The maximum absolute atomic E-state index is 11.5. The molecule has 0 aliphatic heterocycles. The Morgan fingerprint density at radius 2 is 1.65 bits per heavy atom. The predicted octanol–water partition coefficient (Wildman–Crippen LogP) is 0.336. The highest BCUT2D eigenvalue weighted by Gasteiger charge is 2.61. The molecule has 0 unspecified atom stereocenters. The topological polar surface area (TPSA) is 176 Å². The number of aliphatic carboxylic acids is 1. The third-order valence-electron chi connectivity index (χ3n) is 3.46. The normalized spacial score (nSPS) is 13.5. The average Bonchev–Trinajstić information content (AvgIpc) is 2.46. The highest BCUT2D eigenvalue weighted by atomic mass is 35.5. The van der Waals surface area contributed by atoms with Crippen LogP contribution in [0.1, 0.15) is 18.4 Å². The van der Waals surface area contributed by atoms with Crippen molar-refractivity contribution in [2.24, 2.45) is 11.5 Å². The molecule has 5 N–H and O–H groups in total. The van der Waals surface area contributed by atoms with Crippen LogP contribution in [0, 0.1) is 20.2 Å². The van der Waals surface area contributed by atoms with E-state index in [2.05, 4.69) is 0 Å². The summed E-state index contributed by atoms with van der Waals surface area (Å²) in [6, 6.07) is 7.27. The Kier molecular flexibility index (Phi) is 7.03. The van der Waals surface area contributed by atoms with Crippen LogP contribution < -0.4 is 11.5 Å². The smallest absolute Gasteiger partial charge is 0.462 e. The molecule has 0 amide bonds. The fourth-order valence-electron chi connectivity index (χ4n) is 2.18. The zero-order chi connectivity index (χ0) is 17.0. The first kappa shape index (κ1) is 20.7. The molecule has 0 aliphatic carbocycles. The molecule has 10 nitrogen and oxygen atoms in total. The zero-order valence-electron chi connectivity index (χ0n) is 12.0. The molecule has 0 bridgehead atoms. The van der Waals surface area contributed by atoms with Crippen LogP contribution in [0.15, 0.2) is 30.3 Å². The molecule has 1 aromatic carbocycles. The van der Waals surface area contributed by atoms with Gasteiger partial charge in [0.2, 0.25) is 0 Å². The molecule has 1 aromatic rings. The van der Waals surface area contributed by atoms with Crippen molar-refractivity contribution < 1.29 is 19.7 Å². The number of nitro groups is 2. The van der Waals surface area contributed by atoms with Crippen molar-refractivity contribution in [1.29, 1.82) is 0 Å². The lowest BCUT2D eigenvalue weighted by molar-refractivity contribution is -0.799. The highest BCUT2D eigenvalue weighted by molar-refractivity contribution is 5.85. The van der Waals surface area contributed by atoms with Crippen LogP contribution >= 0.6 is 12.4 Å². The lowest BCUT2D eigenvalue weighted by atomic mass is 9.81. The summed E-state index contributed by atoms with van der Waals surface area (Å²) in [5.74, 6) is -1.59. The van der Waals surface area contributed by atoms with Crippen molar-refractivity contribution in [3.8, 4) is 0 Å². The standard InChI is InChI=1S/C12H16N4O6.ClH/c13-7-6-11(15(19)20,16(21)22)8-12(14,10(17)18)9-4-2-1-3-5-9;/h1-5H,6-8,13-14H2,(H,17,18);1H/t12-;/m1./s1. The van der Waals surface area contributed by atoms with E-state index in [1.54, 1.807) is 6.07 Å². The minimum atomic E-state index is -2.77. The molecule has 1 atom stereocenters. The number of hydrogen-bond donors (Lipinski definition) is 3. The van der Waals surface area contributed by atoms with Crippen LogP contribution in [0.2, 0.25) is 0 Å². The molecule has 0 radical (unpaired) electrons. The fourth-order valence-corrected chi connectivity index (χ4v) is 2.18. The molecule has 0 fully saturated rings. The first-order chi connectivity index (χ1) is 10.2. The zero-order valence-corrected chi connectivity index (χ0v) is 12.8. The van der Waals surface area contributed by atoms with Gasteiger partial charge in [-0.2, -0.15) is 0 Å². The second-order valence-corrected chi connectivity index (χ2v) is 4.85. The molecule has 11 heteroatoms. The molecule has 0 saturated heterocycles. The van der Waals surface area contributed by atoms with E-state index in [4.69, 9.17) is 11.5 Å². The van der Waals surface area contributed by atoms with E-state index in [9.17, 15) is 30.1 Å². The molecule has 0 saturated carbocycles. The van der Waals surface area contributed by atoms with Gasteiger partial charge in [-0.3, -0.25) is 20.2 Å². The Morgan fingerprint density at radius 1 is 1.17 bits per heavy atom. The number of rotatable bonds is 8. The van der Waals surface area contributed by atoms with Crippen molar-refractivity contribution in [1.82, 2.24) is 0 Å². The molecule has 128 valence electrons. The van der Waals surface area contributed by atoms with E-state index in [1.165, 1.54) is 24.3 Å². The lowest BCUT2D eigenvalue weighted by Gasteiger charge is -2.28. The number of benzene rings is 1. The van der Waals surface area contributed by atoms with E-state index >= 15 is 0 Å². The molecule has 0 spiro atoms. The van der Waals surface area contributed by atoms with Crippen molar-refractivity contribution in [2.75, 3.05) is 6.54 Å². The number of carboxylic acid groups (broad SMARTS) is 1. The first-order valence-corrected chi connectivity index (χ1v) is 6.27. The van der Waals surface area contributed by atoms with E-state index in [1.807, 2.05) is 0 Å². The Bertz CT molecular complexity index is 570. The Labute approximate surface area is 137 Å². The van der Waals surface area contributed by atoms with Crippen LogP contribution in [0.3, 0.4) is 0 Å². The van der Waals surface area contributed by atoms with E-state index < -0.39 is 39.9 Å². The third-order valence-corrected chi connectivity index (χ3v) is 3.46. The predicted molar refractivity (Wildman–Crippen MR) is 82.2 cm³/mol. The Hall–Kier alpha value is -2.30. The summed E-state index contributed by atoms with van der Waals surface area (Å²) < 4.78 is 0. The average molecular weight is 349 g/mol. The third kappa shape index (κ3) is 3.92. The fraction of sp³-hybridized carbons (Fsp3) is 0.417. The molecule has 0 aliphatic rings. The van der Waals surface area contributed by atoms with Gasteiger partial charge >= 0.3 is 11.6 Å². The summed E-state index contributed by atoms with van der Waals surface area (Å²) in [4.78, 5) is 31.8. The van der Waals surface area contributed by atoms with Crippen LogP contribution in [0.5, 0.6) is 0 Å². The molecular formula is C12H17ClN4O6. The minimum absolute atomic E-state index is 0. The second kappa shape index (κ2) is 7.81. The van der Waals surface area contributed by atoms with Crippen LogP contribution in [-0.4, -0.2) is 33.1 Å². The van der Waals surface area contributed by atoms with Crippen molar-refractivity contribution >= 4 is 18.4 Å². The van der Waals surface area contributed by atoms with Gasteiger partial charge in [0.05, 0.1) is 9.85 Å². The number of nitrogens with two attached hydrogens (primary N) is 2. The van der Waals surface area contributed by atoms with Crippen molar-refractivity contribution in [2.45, 2.75) is 24.0 Å². The molecule has 0 aromatic heterocycles. The number of halogens is 1. The van der Waals surface area contributed by atoms with E-state index in [0.29, 0.717) is 0 Å². The number of hydrogen-bond acceptors (Lipinski definition) is 7. The maximum Gasteiger partial charge on any atom is 0.462 e. The van der Waals surface area contributed by atoms with Gasteiger partial charge in [0.1, 0.15) is 12.8 Å². The molecule has 1 rings (SSSR count). The van der Waals surface area contributed by atoms with E-state index in [-0.39, 0.29) is 24.5 Å². The quantitative estimate of drug-likeness (QED) is 0.342. The largest absolute Gasteiger partial charge is 0.480 e. The maximum atomic E-state index is 11.5. The van der Waals surface area contributed by atoms with Crippen molar-refractivity contribution in [3.05, 3.63) is 56.1 Å². The van der Waals surface area contributed by atoms with Gasteiger partial charge in [-0.15, -0.1) is 12.4 Å². The number of carboxylic acids is 1.